The highest BCUT2D eigenvalue weighted by Gasteiger charge is 2.78. The number of alkyl halides is 8. The second kappa shape index (κ2) is 4.20. The van der Waals surface area contributed by atoms with Gasteiger partial charge in [0.15, 0.2) is 0 Å². The van der Waals surface area contributed by atoms with Gasteiger partial charge in [0, 0.05) is 0 Å². The summed E-state index contributed by atoms with van der Waals surface area (Å²) in [7, 11) is 0. The van der Waals surface area contributed by atoms with Gasteiger partial charge in [-0.2, -0.15) is 13.2 Å². The first-order valence-electron chi connectivity index (χ1n) is 5.35. The molecule has 19 heavy (non-hydrogen) atoms. The zero-order valence-electron chi connectivity index (χ0n) is 9.91. The van der Waals surface area contributed by atoms with Gasteiger partial charge in [-0.1, -0.05) is 6.92 Å². The summed E-state index contributed by atoms with van der Waals surface area (Å²) in [5.41, 5.74) is -4.66. The lowest BCUT2D eigenvalue weighted by molar-refractivity contribution is -0.382. The lowest BCUT2D eigenvalue weighted by Crippen LogP contribution is -2.70. The minimum Gasteiger partial charge on any atom is -0.376 e. The quantitative estimate of drug-likeness (QED) is 0.734. The van der Waals surface area contributed by atoms with E-state index in [4.69, 9.17) is 0 Å². The molecule has 1 aliphatic carbocycles. The average Bonchev–Trinajstić information content (AvgIpc) is 2.10. The summed E-state index contributed by atoms with van der Waals surface area (Å²) in [6, 6.07) is 0. The van der Waals surface area contributed by atoms with Crippen LogP contribution in [0.25, 0.3) is 0 Å². The van der Waals surface area contributed by atoms with Gasteiger partial charge in [0.25, 0.3) is 11.8 Å². The monoisotopic (exact) mass is 300 g/mol. The van der Waals surface area contributed by atoms with E-state index in [9.17, 15) is 40.2 Å². The van der Waals surface area contributed by atoms with Crippen molar-refractivity contribution in [3.8, 4) is 0 Å². The van der Waals surface area contributed by atoms with Crippen molar-refractivity contribution in [1.82, 2.24) is 0 Å². The van der Waals surface area contributed by atoms with E-state index in [2.05, 4.69) is 0 Å². The lowest BCUT2D eigenvalue weighted by Gasteiger charge is -2.49. The Hall–Kier alpha value is -0.600. The predicted molar refractivity (Wildman–Crippen MR) is 48.7 cm³/mol. The minimum atomic E-state index is -5.84. The van der Waals surface area contributed by atoms with Crippen molar-refractivity contribution in [3.05, 3.63) is 0 Å². The van der Waals surface area contributed by atoms with Crippen molar-refractivity contribution in [2.24, 2.45) is 11.8 Å². The first-order valence-corrected chi connectivity index (χ1v) is 5.35. The molecular weight excluding hydrogens is 288 g/mol. The lowest BCUT2D eigenvalue weighted by atomic mass is 9.66. The van der Waals surface area contributed by atoms with Crippen LogP contribution >= 0.6 is 0 Å². The fraction of sp³-hybridized carbons (Fsp3) is 1.00. The summed E-state index contributed by atoms with van der Waals surface area (Å²) in [4.78, 5) is 0. The summed E-state index contributed by atoms with van der Waals surface area (Å²) >= 11 is 0. The summed E-state index contributed by atoms with van der Waals surface area (Å²) < 4.78 is 105. The molecule has 0 aliphatic heterocycles. The summed E-state index contributed by atoms with van der Waals surface area (Å²) in [6.45, 7) is 0.683. The molecular formula is C10H12F8O. The normalized spacial score (nSPS) is 40.3. The largest absolute Gasteiger partial charge is 0.423 e. The molecule has 0 heterocycles. The van der Waals surface area contributed by atoms with Crippen molar-refractivity contribution in [2.75, 3.05) is 0 Å². The van der Waals surface area contributed by atoms with Crippen molar-refractivity contribution in [2.45, 2.75) is 50.1 Å². The summed E-state index contributed by atoms with van der Waals surface area (Å²) in [5.74, 6) is -15.0. The molecule has 0 aromatic carbocycles. The highest BCUT2D eigenvalue weighted by atomic mass is 19.4. The Morgan fingerprint density at radius 3 is 1.84 bits per heavy atom. The third-order valence-electron chi connectivity index (χ3n) is 3.44. The standard InChI is InChI=1S/C10H12F8O/c1-4-3-8(19,10(16,17)18)9(14,15)6(5(4)11)7(2,12)13/h4-6,19H,3H2,1-2H3. The van der Waals surface area contributed by atoms with E-state index in [-0.39, 0.29) is 6.92 Å². The van der Waals surface area contributed by atoms with E-state index in [1.807, 2.05) is 0 Å². The second-order valence-corrected chi connectivity index (χ2v) is 5.04. The number of hydrogen-bond donors (Lipinski definition) is 1. The van der Waals surface area contributed by atoms with Gasteiger partial charge in [-0.3, -0.25) is 0 Å². The molecule has 1 rings (SSSR count). The third kappa shape index (κ3) is 2.30. The molecule has 1 saturated carbocycles. The summed E-state index contributed by atoms with van der Waals surface area (Å²) in [5, 5.41) is 9.18. The van der Waals surface area contributed by atoms with Crippen LogP contribution in [-0.4, -0.2) is 34.9 Å². The van der Waals surface area contributed by atoms with Gasteiger partial charge in [0.05, 0.1) is 0 Å². The fourth-order valence-electron chi connectivity index (χ4n) is 2.40. The number of halogens is 8. The molecule has 9 heteroatoms. The number of aliphatic hydroxyl groups is 1. The smallest absolute Gasteiger partial charge is 0.376 e. The van der Waals surface area contributed by atoms with Gasteiger partial charge >= 0.3 is 6.18 Å². The zero-order valence-corrected chi connectivity index (χ0v) is 9.91. The molecule has 1 N–H and O–H groups in total. The van der Waals surface area contributed by atoms with Crippen LogP contribution in [0.5, 0.6) is 0 Å². The number of rotatable bonds is 1. The molecule has 4 atom stereocenters. The van der Waals surface area contributed by atoms with Crippen LogP contribution in [0.1, 0.15) is 20.3 Å². The van der Waals surface area contributed by atoms with Crippen LogP contribution in [0, 0.1) is 11.8 Å². The van der Waals surface area contributed by atoms with Crippen molar-refractivity contribution >= 4 is 0 Å². The third-order valence-corrected chi connectivity index (χ3v) is 3.44. The molecule has 0 spiro atoms. The molecule has 0 aromatic heterocycles. The molecule has 0 saturated heterocycles. The van der Waals surface area contributed by atoms with E-state index in [1.54, 1.807) is 0 Å². The second-order valence-electron chi connectivity index (χ2n) is 5.04. The van der Waals surface area contributed by atoms with Gasteiger partial charge < -0.3 is 5.11 Å². The van der Waals surface area contributed by atoms with E-state index < -0.39 is 48.1 Å². The van der Waals surface area contributed by atoms with Crippen LogP contribution in [0.15, 0.2) is 0 Å². The van der Waals surface area contributed by atoms with Gasteiger partial charge in [-0.25, -0.2) is 22.0 Å². The molecule has 114 valence electrons. The van der Waals surface area contributed by atoms with Crippen molar-refractivity contribution in [3.63, 3.8) is 0 Å². The van der Waals surface area contributed by atoms with Crippen LogP contribution in [0.4, 0.5) is 35.1 Å². The molecule has 1 aliphatic rings. The van der Waals surface area contributed by atoms with E-state index in [0.29, 0.717) is 0 Å². The maximum absolute atomic E-state index is 13.6. The topological polar surface area (TPSA) is 20.2 Å². The van der Waals surface area contributed by atoms with Gasteiger partial charge in [0.2, 0.25) is 5.60 Å². The van der Waals surface area contributed by atoms with Crippen LogP contribution in [-0.2, 0) is 0 Å². The van der Waals surface area contributed by atoms with Crippen molar-refractivity contribution < 1.29 is 40.2 Å². The predicted octanol–water partition coefficient (Wildman–Crippen LogP) is 3.56. The molecule has 4 unspecified atom stereocenters. The van der Waals surface area contributed by atoms with Gasteiger partial charge in [-0.05, 0) is 19.3 Å². The van der Waals surface area contributed by atoms with Crippen LogP contribution in [0.3, 0.4) is 0 Å². The average molecular weight is 300 g/mol. The molecule has 0 bridgehead atoms. The Kier molecular flexibility index (Phi) is 3.63. The zero-order chi connectivity index (χ0) is 15.4. The number of hydrogen-bond acceptors (Lipinski definition) is 1. The first kappa shape index (κ1) is 16.5. The maximum Gasteiger partial charge on any atom is 0.423 e. The minimum absolute atomic E-state index is 0.0903. The maximum atomic E-state index is 13.6. The Morgan fingerprint density at radius 2 is 1.53 bits per heavy atom. The van der Waals surface area contributed by atoms with E-state index >= 15 is 0 Å². The Balaban J connectivity index is 3.41. The van der Waals surface area contributed by atoms with E-state index in [0.717, 1.165) is 6.92 Å². The van der Waals surface area contributed by atoms with Crippen LogP contribution in [0.2, 0.25) is 0 Å². The first-order chi connectivity index (χ1) is 8.16. The summed E-state index contributed by atoms with van der Waals surface area (Å²) in [6.07, 6.45) is -10.4. The highest BCUT2D eigenvalue weighted by molar-refractivity contribution is 5.12. The fourth-order valence-corrected chi connectivity index (χ4v) is 2.40. The molecule has 0 aromatic rings. The van der Waals surface area contributed by atoms with Crippen molar-refractivity contribution in [1.29, 1.82) is 0 Å². The van der Waals surface area contributed by atoms with Crippen LogP contribution < -0.4 is 0 Å². The van der Waals surface area contributed by atoms with Gasteiger partial charge in [-0.15, -0.1) is 0 Å². The Labute approximate surface area is 103 Å². The highest BCUT2D eigenvalue weighted by Crippen LogP contribution is 2.58. The molecule has 1 fully saturated rings. The molecule has 1 nitrogen and oxygen atoms in total. The van der Waals surface area contributed by atoms with E-state index in [1.165, 1.54) is 0 Å². The SMILES string of the molecule is CC1CC(O)(C(F)(F)F)C(F)(F)C(C(C)(F)F)C1F. The molecule has 0 radical (unpaired) electrons. The Morgan fingerprint density at radius 1 is 1.11 bits per heavy atom. The Bertz CT molecular complexity index is 346. The van der Waals surface area contributed by atoms with Gasteiger partial charge in [0.1, 0.15) is 12.1 Å². The molecule has 0 amide bonds.